The molecule has 0 saturated heterocycles. The van der Waals surface area contributed by atoms with Gasteiger partial charge in [0.2, 0.25) is 0 Å². The third kappa shape index (κ3) is 4.09. The number of rotatable bonds is 6. The highest BCUT2D eigenvalue weighted by Crippen LogP contribution is 2.21. The first-order chi connectivity index (χ1) is 13.3. The molecule has 1 unspecified atom stereocenters. The van der Waals surface area contributed by atoms with Gasteiger partial charge in [-0.1, -0.05) is 60.7 Å². The quantitative estimate of drug-likeness (QED) is 0.632. The molecule has 1 aromatic heterocycles. The molecule has 138 valence electrons. The van der Waals surface area contributed by atoms with Crippen molar-refractivity contribution >= 4 is 5.91 Å². The molecule has 0 spiro atoms. The van der Waals surface area contributed by atoms with E-state index in [4.69, 9.17) is 0 Å². The second-order valence-electron chi connectivity index (χ2n) is 6.92. The Morgan fingerprint density at radius 3 is 2.59 bits per heavy atom. The Bertz CT molecular complexity index is 889. The number of aromatic amines is 1. The maximum Gasteiger partial charge on any atom is 0.272 e. The van der Waals surface area contributed by atoms with Crippen LogP contribution in [0.2, 0.25) is 0 Å². The van der Waals surface area contributed by atoms with Crippen molar-refractivity contribution in [3.05, 3.63) is 88.7 Å². The fraction of sp³-hybridized carbons (Fsp3) is 0.273. The average molecular weight is 360 g/mol. The number of hydrogen-bond acceptors (Lipinski definition) is 3. The number of fused-ring (bicyclic) bond motifs is 1. The molecular weight excluding hydrogens is 336 g/mol. The predicted molar refractivity (Wildman–Crippen MR) is 105 cm³/mol. The standard InChI is InChI=1S/C22H24N4O/c27-22(21-18-15-23-14-13-20(18)25-26-21)24-19(17-9-5-2-6-10-17)12-11-16-7-3-1-4-8-16/h1-10,19,23H,11-15H2,(H,24,27)(H,25,26). The van der Waals surface area contributed by atoms with Crippen molar-refractivity contribution in [2.24, 2.45) is 0 Å². The molecule has 5 nitrogen and oxygen atoms in total. The Hall–Kier alpha value is -2.92. The molecule has 0 saturated carbocycles. The lowest BCUT2D eigenvalue weighted by Gasteiger charge is -2.20. The van der Waals surface area contributed by atoms with E-state index in [1.54, 1.807) is 0 Å². The van der Waals surface area contributed by atoms with Crippen molar-refractivity contribution in [1.82, 2.24) is 20.8 Å². The van der Waals surface area contributed by atoms with E-state index in [0.29, 0.717) is 12.2 Å². The third-order valence-corrected chi connectivity index (χ3v) is 5.09. The van der Waals surface area contributed by atoms with E-state index in [2.05, 4.69) is 57.2 Å². The molecular formula is C22H24N4O. The summed E-state index contributed by atoms with van der Waals surface area (Å²) in [6, 6.07) is 20.5. The molecule has 0 aliphatic carbocycles. The fourth-order valence-corrected chi connectivity index (χ4v) is 3.60. The summed E-state index contributed by atoms with van der Waals surface area (Å²) in [6.07, 6.45) is 2.62. The zero-order chi connectivity index (χ0) is 18.5. The summed E-state index contributed by atoms with van der Waals surface area (Å²) in [5, 5.41) is 13.8. The zero-order valence-corrected chi connectivity index (χ0v) is 15.2. The lowest BCUT2D eigenvalue weighted by molar-refractivity contribution is 0.0928. The summed E-state index contributed by atoms with van der Waals surface area (Å²) in [6.45, 7) is 1.61. The van der Waals surface area contributed by atoms with Gasteiger partial charge in [0, 0.05) is 30.8 Å². The Balaban J connectivity index is 1.52. The molecule has 0 radical (unpaired) electrons. The lowest BCUT2D eigenvalue weighted by atomic mass is 9.98. The number of carbonyl (C=O) groups excluding carboxylic acids is 1. The Labute approximate surface area is 159 Å². The first-order valence-electron chi connectivity index (χ1n) is 9.48. The van der Waals surface area contributed by atoms with E-state index < -0.39 is 0 Å². The highest BCUT2D eigenvalue weighted by Gasteiger charge is 2.24. The van der Waals surface area contributed by atoms with Gasteiger partial charge < -0.3 is 10.6 Å². The zero-order valence-electron chi connectivity index (χ0n) is 15.2. The van der Waals surface area contributed by atoms with Gasteiger partial charge in [0.05, 0.1) is 6.04 Å². The largest absolute Gasteiger partial charge is 0.344 e. The number of aromatic nitrogens is 2. The molecule has 2 aromatic carbocycles. The van der Waals surface area contributed by atoms with E-state index in [9.17, 15) is 4.79 Å². The van der Waals surface area contributed by atoms with E-state index in [0.717, 1.165) is 42.6 Å². The molecule has 3 aromatic rings. The average Bonchev–Trinajstić information content (AvgIpc) is 3.17. The van der Waals surface area contributed by atoms with Crippen molar-refractivity contribution in [3.8, 4) is 0 Å². The van der Waals surface area contributed by atoms with Crippen LogP contribution >= 0.6 is 0 Å². The molecule has 2 heterocycles. The van der Waals surface area contributed by atoms with Gasteiger partial charge in [0.15, 0.2) is 5.69 Å². The summed E-state index contributed by atoms with van der Waals surface area (Å²) in [5.41, 5.74) is 4.96. The monoisotopic (exact) mass is 360 g/mol. The Morgan fingerprint density at radius 2 is 1.81 bits per heavy atom. The van der Waals surface area contributed by atoms with Crippen LogP contribution < -0.4 is 10.6 Å². The van der Waals surface area contributed by atoms with Gasteiger partial charge in [0.1, 0.15) is 0 Å². The van der Waals surface area contributed by atoms with Crippen molar-refractivity contribution in [2.45, 2.75) is 31.8 Å². The van der Waals surface area contributed by atoms with Gasteiger partial charge in [-0.05, 0) is 24.0 Å². The van der Waals surface area contributed by atoms with Crippen LogP contribution in [0.15, 0.2) is 60.7 Å². The number of H-pyrrole nitrogens is 1. The maximum atomic E-state index is 13.0. The molecule has 1 amide bonds. The third-order valence-electron chi connectivity index (χ3n) is 5.09. The van der Waals surface area contributed by atoms with Gasteiger partial charge in [0.25, 0.3) is 5.91 Å². The van der Waals surface area contributed by atoms with Gasteiger partial charge in [-0.25, -0.2) is 0 Å². The number of hydrogen-bond donors (Lipinski definition) is 3. The molecule has 4 rings (SSSR count). The summed E-state index contributed by atoms with van der Waals surface area (Å²) >= 11 is 0. The van der Waals surface area contributed by atoms with Crippen LogP contribution in [0, 0.1) is 0 Å². The number of amides is 1. The number of nitrogens with one attached hydrogen (secondary N) is 3. The minimum atomic E-state index is -0.113. The van der Waals surface area contributed by atoms with E-state index in [1.165, 1.54) is 5.56 Å². The minimum absolute atomic E-state index is 0.0530. The maximum absolute atomic E-state index is 13.0. The minimum Gasteiger partial charge on any atom is -0.344 e. The normalized spacial score (nSPS) is 14.4. The second kappa shape index (κ2) is 8.18. The topological polar surface area (TPSA) is 69.8 Å². The summed E-state index contributed by atoms with van der Waals surface area (Å²) in [7, 11) is 0. The van der Waals surface area contributed by atoms with Crippen molar-refractivity contribution in [2.75, 3.05) is 6.54 Å². The highest BCUT2D eigenvalue weighted by molar-refractivity contribution is 5.94. The van der Waals surface area contributed by atoms with E-state index in [1.807, 2.05) is 24.3 Å². The van der Waals surface area contributed by atoms with Crippen molar-refractivity contribution in [1.29, 1.82) is 0 Å². The first kappa shape index (κ1) is 17.5. The Morgan fingerprint density at radius 1 is 1.07 bits per heavy atom. The molecule has 1 atom stereocenters. The molecule has 1 aliphatic rings. The molecule has 3 N–H and O–H groups in total. The van der Waals surface area contributed by atoms with Crippen LogP contribution in [0.4, 0.5) is 0 Å². The number of aryl methyl sites for hydroxylation is 1. The summed E-state index contributed by atoms with van der Waals surface area (Å²) in [5.74, 6) is -0.113. The SMILES string of the molecule is O=C(NC(CCc1ccccc1)c1ccccc1)c1n[nH]c2c1CNCC2. The number of benzene rings is 2. The Kier molecular flexibility index (Phi) is 5.30. The van der Waals surface area contributed by atoms with Crippen LogP contribution in [0.3, 0.4) is 0 Å². The van der Waals surface area contributed by atoms with E-state index >= 15 is 0 Å². The fourth-order valence-electron chi connectivity index (χ4n) is 3.60. The predicted octanol–water partition coefficient (Wildman–Crippen LogP) is 3.16. The number of nitrogens with zero attached hydrogens (tertiary/aromatic N) is 1. The summed E-state index contributed by atoms with van der Waals surface area (Å²) < 4.78 is 0. The number of carbonyl (C=O) groups is 1. The van der Waals surface area contributed by atoms with Crippen LogP contribution in [0.1, 0.15) is 45.3 Å². The molecule has 5 heteroatoms. The van der Waals surface area contributed by atoms with Crippen molar-refractivity contribution < 1.29 is 4.79 Å². The smallest absolute Gasteiger partial charge is 0.272 e. The molecule has 0 bridgehead atoms. The van der Waals surface area contributed by atoms with Gasteiger partial charge >= 0.3 is 0 Å². The second-order valence-corrected chi connectivity index (χ2v) is 6.92. The summed E-state index contributed by atoms with van der Waals surface area (Å²) in [4.78, 5) is 13.0. The van der Waals surface area contributed by atoms with Crippen LogP contribution in [-0.2, 0) is 19.4 Å². The van der Waals surface area contributed by atoms with Crippen molar-refractivity contribution in [3.63, 3.8) is 0 Å². The first-order valence-corrected chi connectivity index (χ1v) is 9.48. The highest BCUT2D eigenvalue weighted by atomic mass is 16.2. The van der Waals surface area contributed by atoms with Crippen LogP contribution in [0.25, 0.3) is 0 Å². The molecule has 0 fully saturated rings. The molecule has 1 aliphatic heterocycles. The van der Waals surface area contributed by atoms with Gasteiger partial charge in [-0.3, -0.25) is 9.89 Å². The van der Waals surface area contributed by atoms with E-state index in [-0.39, 0.29) is 11.9 Å². The van der Waals surface area contributed by atoms with Crippen LogP contribution in [0.5, 0.6) is 0 Å². The molecule has 27 heavy (non-hydrogen) atoms. The van der Waals surface area contributed by atoms with Crippen LogP contribution in [-0.4, -0.2) is 22.6 Å². The lowest BCUT2D eigenvalue weighted by Crippen LogP contribution is -2.31. The van der Waals surface area contributed by atoms with Gasteiger partial charge in [-0.15, -0.1) is 0 Å². The van der Waals surface area contributed by atoms with Gasteiger partial charge in [-0.2, -0.15) is 5.10 Å².